The SMILES string of the molecule is O=C(CC1(C(=O)O)CCCC1)N1CCC(O)C1. The number of nitrogens with zero attached hydrogens (tertiary/aromatic N) is 1. The Morgan fingerprint density at radius 1 is 1.29 bits per heavy atom. The van der Waals surface area contributed by atoms with E-state index in [2.05, 4.69) is 0 Å². The van der Waals surface area contributed by atoms with Crippen LogP contribution in [0, 0.1) is 5.41 Å². The Bertz CT molecular complexity index is 322. The van der Waals surface area contributed by atoms with E-state index in [1.807, 2.05) is 0 Å². The summed E-state index contributed by atoms with van der Waals surface area (Å²) >= 11 is 0. The molecule has 96 valence electrons. The van der Waals surface area contributed by atoms with Crippen molar-refractivity contribution in [1.29, 1.82) is 0 Å². The van der Waals surface area contributed by atoms with Crippen LogP contribution in [-0.4, -0.2) is 46.2 Å². The number of carbonyl (C=O) groups excluding carboxylic acids is 1. The van der Waals surface area contributed by atoms with Gasteiger partial charge in [-0.2, -0.15) is 0 Å². The van der Waals surface area contributed by atoms with E-state index in [1.165, 1.54) is 0 Å². The Hall–Kier alpha value is -1.10. The fraction of sp³-hybridized carbons (Fsp3) is 0.833. The predicted molar refractivity (Wildman–Crippen MR) is 60.4 cm³/mol. The summed E-state index contributed by atoms with van der Waals surface area (Å²) in [5.74, 6) is -0.964. The Labute approximate surface area is 100 Å². The zero-order chi connectivity index (χ0) is 12.5. The van der Waals surface area contributed by atoms with Crippen LogP contribution in [0.4, 0.5) is 0 Å². The molecular weight excluding hydrogens is 222 g/mol. The van der Waals surface area contributed by atoms with Gasteiger partial charge in [0.15, 0.2) is 0 Å². The first-order valence-electron chi connectivity index (χ1n) is 6.23. The van der Waals surface area contributed by atoms with Gasteiger partial charge in [0.1, 0.15) is 0 Å². The average molecular weight is 241 g/mol. The molecule has 0 aromatic carbocycles. The minimum absolute atomic E-state index is 0.0923. The maximum Gasteiger partial charge on any atom is 0.310 e. The first-order valence-corrected chi connectivity index (χ1v) is 6.23. The van der Waals surface area contributed by atoms with Crippen molar-refractivity contribution >= 4 is 11.9 Å². The Balaban J connectivity index is 1.99. The molecule has 5 nitrogen and oxygen atoms in total. The normalized spacial score (nSPS) is 27.4. The minimum Gasteiger partial charge on any atom is -0.481 e. The van der Waals surface area contributed by atoms with Crippen molar-refractivity contribution in [2.75, 3.05) is 13.1 Å². The highest BCUT2D eigenvalue weighted by molar-refractivity contribution is 5.85. The van der Waals surface area contributed by atoms with Crippen molar-refractivity contribution in [2.24, 2.45) is 5.41 Å². The molecule has 2 N–H and O–H groups in total. The second kappa shape index (κ2) is 4.64. The lowest BCUT2D eigenvalue weighted by Crippen LogP contribution is -2.37. The maximum atomic E-state index is 12.0. The standard InChI is InChI=1S/C12H19NO4/c14-9-3-6-13(8-9)10(15)7-12(11(16)17)4-1-2-5-12/h9,14H,1-8H2,(H,16,17). The van der Waals surface area contributed by atoms with Gasteiger partial charge >= 0.3 is 5.97 Å². The number of hydrogen-bond acceptors (Lipinski definition) is 3. The molecule has 1 unspecified atom stereocenters. The molecule has 2 aliphatic rings. The van der Waals surface area contributed by atoms with E-state index in [1.54, 1.807) is 4.90 Å². The van der Waals surface area contributed by atoms with Crippen LogP contribution in [0.25, 0.3) is 0 Å². The molecule has 5 heteroatoms. The van der Waals surface area contributed by atoms with Crippen LogP contribution in [0.5, 0.6) is 0 Å². The molecule has 0 spiro atoms. The van der Waals surface area contributed by atoms with Crippen LogP contribution in [0.1, 0.15) is 38.5 Å². The van der Waals surface area contributed by atoms with Gasteiger partial charge in [0.2, 0.25) is 5.91 Å². The topological polar surface area (TPSA) is 77.8 Å². The number of rotatable bonds is 3. The lowest BCUT2D eigenvalue weighted by Gasteiger charge is -2.26. The Morgan fingerprint density at radius 3 is 2.41 bits per heavy atom. The number of hydrogen-bond donors (Lipinski definition) is 2. The fourth-order valence-electron chi connectivity index (χ4n) is 2.89. The summed E-state index contributed by atoms with van der Waals surface area (Å²) in [6, 6.07) is 0. The van der Waals surface area contributed by atoms with Crippen LogP contribution >= 0.6 is 0 Å². The molecule has 0 aromatic rings. The van der Waals surface area contributed by atoms with E-state index >= 15 is 0 Å². The molecule has 2 rings (SSSR count). The minimum atomic E-state index is -0.844. The quantitative estimate of drug-likeness (QED) is 0.759. The molecule has 1 amide bonds. The predicted octanol–water partition coefficient (Wildman–Crippen LogP) is 0.615. The van der Waals surface area contributed by atoms with Gasteiger partial charge in [-0.25, -0.2) is 0 Å². The second-order valence-corrected chi connectivity index (χ2v) is 5.25. The first kappa shape index (κ1) is 12.4. The monoisotopic (exact) mass is 241 g/mol. The van der Waals surface area contributed by atoms with E-state index in [9.17, 15) is 19.8 Å². The molecule has 1 aliphatic heterocycles. The molecule has 1 atom stereocenters. The molecule has 0 aromatic heterocycles. The summed E-state index contributed by atoms with van der Waals surface area (Å²) in [7, 11) is 0. The summed E-state index contributed by atoms with van der Waals surface area (Å²) in [6.07, 6.45) is 3.24. The molecule has 17 heavy (non-hydrogen) atoms. The molecule has 2 fully saturated rings. The third-order valence-corrected chi connectivity index (χ3v) is 4.02. The van der Waals surface area contributed by atoms with Crippen molar-refractivity contribution < 1.29 is 19.8 Å². The average Bonchev–Trinajstić information content (AvgIpc) is 2.87. The summed E-state index contributed by atoms with van der Waals surface area (Å²) in [6.45, 7) is 0.907. The van der Waals surface area contributed by atoms with E-state index in [-0.39, 0.29) is 12.3 Å². The zero-order valence-electron chi connectivity index (χ0n) is 9.89. The Kier molecular flexibility index (Phi) is 3.38. The van der Waals surface area contributed by atoms with Gasteiger partial charge in [-0.3, -0.25) is 9.59 Å². The molecule has 1 heterocycles. The summed E-state index contributed by atoms with van der Waals surface area (Å²) in [4.78, 5) is 24.9. The van der Waals surface area contributed by atoms with Gasteiger partial charge < -0.3 is 15.1 Å². The second-order valence-electron chi connectivity index (χ2n) is 5.25. The number of aliphatic carboxylic acids is 1. The summed E-state index contributed by atoms with van der Waals surface area (Å²) in [5.41, 5.74) is -0.843. The molecule has 1 saturated carbocycles. The van der Waals surface area contributed by atoms with Gasteiger partial charge in [0, 0.05) is 19.5 Å². The van der Waals surface area contributed by atoms with Crippen molar-refractivity contribution in [3.8, 4) is 0 Å². The number of aliphatic hydroxyl groups excluding tert-OH is 1. The molecule has 1 saturated heterocycles. The number of carboxylic acids is 1. The number of β-amino-alcohol motifs (C(OH)–C–C–N with tert-alkyl or cyclic N) is 1. The van der Waals surface area contributed by atoms with Crippen LogP contribution in [-0.2, 0) is 9.59 Å². The third kappa shape index (κ3) is 2.44. The number of amides is 1. The van der Waals surface area contributed by atoms with Crippen LogP contribution < -0.4 is 0 Å². The lowest BCUT2D eigenvalue weighted by molar-refractivity contribution is -0.153. The zero-order valence-corrected chi connectivity index (χ0v) is 9.89. The van der Waals surface area contributed by atoms with E-state index in [0.29, 0.717) is 32.4 Å². The van der Waals surface area contributed by atoms with Crippen LogP contribution in [0.3, 0.4) is 0 Å². The highest BCUT2D eigenvalue weighted by atomic mass is 16.4. The largest absolute Gasteiger partial charge is 0.481 e. The molecular formula is C12H19NO4. The summed E-state index contributed by atoms with van der Waals surface area (Å²) in [5, 5.41) is 18.7. The number of likely N-dealkylation sites (tertiary alicyclic amines) is 1. The Morgan fingerprint density at radius 2 is 1.94 bits per heavy atom. The molecule has 0 radical (unpaired) electrons. The number of carboxylic acid groups (broad SMARTS) is 1. The van der Waals surface area contributed by atoms with Gasteiger partial charge in [-0.15, -0.1) is 0 Å². The van der Waals surface area contributed by atoms with Crippen molar-refractivity contribution in [3.63, 3.8) is 0 Å². The lowest BCUT2D eigenvalue weighted by atomic mass is 9.82. The van der Waals surface area contributed by atoms with E-state index in [0.717, 1.165) is 12.8 Å². The maximum absolute atomic E-state index is 12.0. The van der Waals surface area contributed by atoms with Crippen molar-refractivity contribution in [2.45, 2.75) is 44.6 Å². The van der Waals surface area contributed by atoms with Gasteiger partial charge in [-0.1, -0.05) is 12.8 Å². The smallest absolute Gasteiger partial charge is 0.310 e. The fourth-order valence-corrected chi connectivity index (χ4v) is 2.89. The van der Waals surface area contributed by atoms with Crippen molar-refractivity contribution in [1.82, 2.24) is 4.90 Å². The first-order chi connectivity index (χ1) is 8.03. The highest BCUT2D eigenvalue weighted by Gasteiger charge is 2.44. The molecule has 1 aliphatic carbocycles. The van der Waals surface area contributed by atoms with E-state index < -0.39 is 17.5 Å². The number of aliphatic hydroxyl groups is 1. The highest BCUT2D eigenvalue weighted by Crippen LogP contribution is 2.41. The number of carbonyl (C=O) groups is 2. The van der Waals surface area contributed by atoms with Crippen molar-refractivity contribution in [3.05, 3.63) is 0 Å². The molecule has 0 bridgehead atoms. The third-order valence-electron chi connectivity index (χ3n) is 4.02. The van der Waals surface area contributed by atoms with Crippen LogP contribution in [0.15, 0.2) is 0 Å². The van der Waals surface area contributed by atoms with Crippen LogP contribution in [0.2, 0.25) is 0 Å². The van der Waals surface area contributed by atoms with Gasteiger partial charge in [0.25, 0.3) is 0 Å². The van der Waals surface area contributed by atoms with E-state index in [4.69, 9.17) is 0 Å². The van der Waals surface area contributed by atoms with Gasteiger partial charge in [-0.05, 0) is 19.3 Å². The van der Waals surface area contributed by atoms with Gasteiger partial charge in [0.05, 0.1) is 11.5 Å². The summed E-state index contributed by atoms with van der Waals surface area (Å²) < 4.78 is 0.